The molecule has 0 radical (unpaired) electrons. The summed E-state index contributed by atoms with van der Waals surface area (Å²) in [6, 6.07) is 0. The van der Waals surface area contributed by atoms with E-state index in [-0.39, 0.29) is 11.2 Å². The standard InChI is InChI=1S/C9H17ClO/c1-8(2)5-7(6-10)9(3,4)11-8/h7H,5-6H2,1-4H3. The number of halogens is 1. The smallest absolute Gasteiger partial charge is 0.0674 e. The van der Waals surface area contributed by atoms with Crippen molar-refractivity contribution < 1.29 is 4.74 Å². The number of hydrogen-bond acceptors (Lipinski definition) is 1. The first-order valence-electron chi connectivity index (χ1n) is 4.13. The molecule has 2 heteroatoms. The largest absolute Gasteiger partial charge is 0.369 e. The Morgan fingerprint density at radius 1 is 1.36 bits per heavy atom. The van der Waals surface area contributed by atoms with E-state index in [9.17, 15) is 0 Å². The fraction of sp³-hybridized carbons (Fsp3) is 1.00. The Morgan fingerprint density at radius 3 is 2.09 bits per heavy atom. The fourth-order valence-corrected chi connectivity index (χ4v) is 2.40. The van der Waals surface area contributed by atoms with Gasteiger partial charge in [0.1, 0.15) is 0 Å². The fourth-order valence-electron chi connectivity index (χ4n) is 1.92. The molecule has 0 aromatic heterocycles. The normalized spacial score (nSPS) is 34.1. The zero-order valence-corrected chi connectivity index (χ0v) is 8.53. The van der Waals surface area contributed by atoms with Crippen molar-refractivity contribution in [1.29, 1.82) is 0 Å². The van der Waals surface area contributed by atoms with Crippen molar-refractivity contribution in [1.82, 2.24) is 0 Å². The summed E-state index contributed by atoms with van der Waals surface area (Å²) in [5.74, 6) is 1.20. The molecule has 0 amide bonds. The number of hydrogen-bond donors (Lipinski definition) is 0. The van der Waals surface area contributed by atoms with Crippen molar-refractivity contribution in [2.24, 2.45) is 5.92 Å². The maximum atomic E-state index is 5.86. The molecule has 0 aromatic rings. The van der Waals surface area contributed by atoms with Crippen molar-refractivity contribution in [3.63, 3.8) is 0 Å². The predicted molar refractivity (Wildman–Crippen MR) is 48.1 cm³/mol. The molecule has 0 aliphatic carbocycles. The van der Waals surface area contributed by atoms with E-state index in [0.717, 1.165) is 6.42 Å². The van der Waals surface area contributed by atoms with Crippen LogP contribution >= 0.6 is 11.6 Å². The summed E-state index contributed by atoms with van der Waals surface area (Å²) >= 11 is 5.84. The number of alkyl halides is 1. The molecule has 1 heterocycles. The molecule has 1 fully saturated rings. The zero-order chi connectivity index (χ0) is 8.70. The van der Waals surface area contributed by atoms with Crippen LogP contribution in [0.15, 0.2) is 0 Å². The minimum absolute atomic E-state index is 0.0169. The second kappa shape index (κ2) is 2.63. The topological polar surface area (TPSA) is 9.23 Å². The average molecular weight is 177 g/mol. The van der Waals surface area contributed by atoms with Crippen LogP contribution in [-0.4, -0.2) is 17.1 Å². The predicted octanol–water partition coefficient (Wildman–Crippen LogP) is 2.82. The van der Waals surface area contributed by atoms with Crippen LogP contribution in [0, 0.1) is 5.92 Å². The SMILES string of the molecule is CC1(C)CC(CCl)C(C)(C)O1. The molecule has 0 saturated carbocycles. The molecule has 1 nitrogen and oxygen atoms in total. The van der Waals surface area contributed by atoms with Gasteiger partial charge in [-0.3, -0.25) is 0 Å². The van der Waals surface area contributed by atoms with E-state index >= 15 is 0 Å². The van der Waals surface area contributed by atoms with E-state index in [1.165, 1.54) is 0 Å². The van der Waals surface area contributed by atoms with Crippen LogP contribution in [0.3, 0.4) is 0 Å². The Hall–Kier alpha value is 0.250. The molecule has 66 valence electrons. The third-order valence-electron chi connectivity index (χ3n) is 2.45. The van der Waals surface area contributed by atoms with Crippen molar-refractivity contribution in [2.75, 3.05) is 5.88 Å². The molecule has 1 saturated heterocycles. The Balaban J connectivity index is 2.71. The first-order valence-corrected chi connectivity index (χ1v) is 4.67. The summed E-state index contributed by atoms with van der Waals surface area (Å²) in [6.07, 6.45) is 1.07. The molecule has 0 N–H and O–H groups in total. The lowest BCUT2D eigenvalue weighted by Crippen LogP contribution is -2.30. The molecule has 0 aromatic carbocycles. The average Bonchev–Trinajstić information content (AvgIpc) is 1.99. The van der Waals surface area contributed by atoms with Crippen LogP contribution < -0.4 is 0 Å². The highest BCUT2D eigenvalue weighted by Crippen LogP contribution is 2.42. The lowest BCUT2D eigenvalue weighted by atomic mass is 9.89. The van der Waals surface area contributed by atoms with E-state index in [4.69, 9.17) is 16.3 Å². The summed E-state index contributed by atoms with van der Waals surface area (Å²) in [5.41, 5.74) is -0.0195. The Morgan fingerprint density at radius 2 is 1.91 bits per heavy atom. The van der Waals surface area contributed by atoms with Gasteiger partial charge in [-0.2, -0.15) is 0 Å². The van der Waals surface area contributed by atoms with Gasteiger partial charge in [-0.15, -0.1) is 11.6 Å². The van der Waals surface area contributed by atoms with Gasteiger partial charge in [0.05, 0.1) is 11.2 Å². The molecule has 1 aliphatic rings. The minimum Gasteiger partial charge on any atom is -0.369 e. The molecular weight excluding hydrogens is 160 g/mol. The van der Waals surface area contributed by atoms with Crippen LogP contribution in [0.4, 0.5) is 0 Å². The maximum Gasteiger partial charge on any atom is 0.0674 e. The van der Waals surface area contributed by atoms with Crippen molar-refractivity contribution >= 4 is 11.6 Å². The van der Waals surface area contributed by atoms with Crippen LogP contribution in [0.1, 0.15) is 34.1 Å². The van der Waals surface area contributed by atoms with Gasteiger partial charge in [0.15, 0.2) is 0 Å². The van der Waals surface area contributed by atoms with Gasteiger partial charge >= 0.3 is 0 Å². The second-order valence-corrected chi connectivity index (χ2v) is 4.83. The van der Waals surface area contributed by atoms with Crippen LogP contribution in [-0.2, 0) is 4.74 Å². The molecule has 0 bridgehead atoms. The van der Waals surface area contributed by atoms with E-state index in [0.29, 0.717) is 11.8 Å². The van der Waals surface area contributed by atoms with E-state index in [1.807, 2.05) is 0 Å². The first kappa shape index (κ1) is 9.34. The van der Waals surface area contributed by atoms with E-state index in [1.54, 1.807) is 0 Å². The quantitative estimate of drug-likeness (QED) is 0.559. The number of rotatable bonds is 1. The van der Waals surface area contributed by atoms with Crippen molar-refractivity contribution in [3.8, 4) is 0 Å². The van der Waals surface area contributed by atoms with E-state index in [2.05, 4.69) is 27.7 Å². The highest BCUT2D eigenvalue weighted by atomic mass is 35.5. The second-order valence-electron chi connectivity index (χ2n) is 4.52. The van der Waals surface area contributed by atoms with Gasteiger partial charge in [-0.1, -0.05) is 0 Å². The third kappa shape index (κ3) is 1.88. The van der Waals surface area contributed by atoms with Gasteiger partial charge < -0.3 is 4.74 Å². The highest BCUT2D eigenvalue weighted by molar-refractivity contribution is 6.18. The van der Waals surface area contributed by atoms with Crippen LogP contribution in [0.5, 0.6) is 0 Å². The minimum atomic E-state index is -0.0365. The zero-order valence-electron chi connectivity index (χ0n) is 7.78. The van der Waals surface area contributed by atoms with Gasteiger partial charge in [0.25, 0.3) is 0 Å². The summed E-state index contributed by atoms with van der Waals surface area (Å²) in [5, 5.41) is 0. The van der Waals surface area contributed by atoms with Gasteiger partial charge in [-0.05, 0) is 34.1 Å². The molecule has 1 rings (SSSR count). The summed E-state index contributed by atoms with van der Waals surface area (Å²) in [6.45, 7) is 8.49. The molecule has 1 atom stereocenters. The summed E-state index contributed by atoms with van der Waals surface area (Å²) in [7, 11) is 0. The van der Waals surface area contributed by atoms with Crippen molar-refractivity contribution in [2.45, 2.75) is 45.3 Å². The molecule has 11 heavy (non-hydrogen) atoms. The molecule has 1 unspecified atom stereocenters. The van der Waals surface area contributed by atoms with Crippen LogP contribution in [0.2, 0.25) is 0 Å². The first-order chi connectivity index (χ1) is 4.87. The Labute approximate surface area is 74.1 Å². The Bertz CT molecular complexity index is 152. The van der Waals surface area contributed by atoms with Crippen molar-refractivity contribution in [3.05, 3.63) is 0 Å². The number of ether oxygens (including phenoxy) is 1. The van der Waals surface area contributed by atoms with Gasteiger partial charge in [0, 0.05) is 11.8 Å². The lowest BCUT2D eigenvalue weighted by Gasteiger charge is -2.26. The monoisotopic (exact) mass is 176 g/mol. The van der Waals surface area contributed by atoms with Gasteiger partial charge in [0.2, 0.25) is 0 Å². The lowest BCUT2D eigenvalue weighted by molar-refractivity contribution is -0.0726. The highest BCUT2D eigenvalue weighted by Gasteiger charge is 2.44. The Kier molecular flexibility index (Phi) is 2.24. The van der Waals surface area contributed by atoms with E-state index < -0.39 is 0 Å². The summed E-state index contributed by atoms with van der Waals surface area (Å²) < 4.78 is 5.86. The maximum absolute atomic E-state index is 5.86. The molecule has 0 spiro atoms. The third-order valence-corrected chi connectivity index (χ3v) is 2.82. The van der Waals surface area contributed by atoms with Gasteiger partial charge in [-0.25, -0.2) is 0 Å². The summed E-state index contributed by atoms with van der Waals surface area (Å²) in [4.78, 5) is 0. The molecule has 1 aliphatic heterocycles. The van der Waals surface area contributed by atoms with Crippen LogP contribution in [0.25, 0.3) is 0 Å². The molecular formula is C9H17ClO.